The van der Waals surface area contributed by atoms with Gasteiger partial charge in [0, 0.05) is 12.7 Å². The van der Waals surface area contributed by atoms with E-state index in [1.165, 1.54) is 4.80 Å². The van der Waals surface area contributed by atoms with Crippen molar-refractivity contribution in [2.45, 2.75) is 19.6 Å². The van der Waals surface area contributed by atoms with Crippen LogP contribution in [0.2, 0.25) is 0 Å². The average molecular weight is 269 g/mol. The van der Waals surface area contributed by atoms with Crippen LogP contribution in [-0.2, 0) is 6.54 Å². The summed E-state index contributed by atoms with van der Waals surface area (Å²) in [5.41, 5.74) is 2.08. The predicted molar refractivity (Wildman–Crippen MR) is 73.3 cm³/mol. The van der Waals surface area contributed by atoms with Gasteiger partial charge in [-0.2, -0.15) is 20.1 Å². The Morgan fingerprint density at radius 2 is 1.95 bits per heavy atom. The number of aliphatic hydroxyl groups is 1. The van der Waals surface area contributed by atoms with E-state index in [-0.39, 0.29) is 0 Å². The maximum atomic E-state index is 10.4. The third-order valence-corrected chi connectivity index (χ3v) is 3.11. The molecular formula is C14H15N5O. The summed E-state index contributed by atoms with van der Waals surface area (Å²) in [5, 5.41) is 23.0. The molecule has 3 rings (SSSR count). The molecule has 1 aromatic carbocycles. The number of aromatic nitrogens is 5. The number of aryl methyl sites for hydroxylation is 1. The molecule has 0 aliphatic rings. The summed E-state index contributed by atoms with van der Waals surface area (Å²) >= 11 is 0. The van der Waals surface area contributed by atoms with E-state index in [2.05, 4.69) is 15.3 Å². The highest BCUT2D eigenvalue weighted by atomic mass is 16.3. The first-order valence-electron chi connectivity index (χ1n) is 6.47. The largest absolute Gasteiger partial charge is 0.380 e. The van der Waals surface area contributed by atoms with E-state index in [1.807, 2.05) is 37.3 Å². The summed E-state index contributed by atoms with van der Waals surface area (Å²) in [6.07, 6.45) is 2.42. The zero-order chi connectivity index (χ0) is 13.9. The van der Waals surface area contributed by atoms with Crippen molar-refractivity contribution in [2.75, 3.05) is 0 Å². The van der Waals surface area contributed by atoms with Crippen molar-refractivity contribution in [2.24, 2.45) is 0 Å². The fourth-order valence-corrected chi connectivity index (χ4v) is 2.08. The highest BCUT2D eigenvalue weighted by Gasteiger charge is 2.18. The first kappa shape index (κ1) is 12.6. The molecule has 2 heterocycles. The van der Waals surface area contributed by atoms with Crippen molar-refractivity contribution in [3.63, 3.8) is 0 Å². The van der Waals surface area contributed by atoms with Crippen LogP contribution in [0.5, 0.6) is 0 Å². The average Bonchev–Trinajstić information content (AvgIpc) is 3.16. The molecule has 0 saturated heterocycles. The molecule has 0 saturated carbocycles. The molecule has 102 valence electrons. The fourth-order valence-electron chi connectivity index (χ4n) is 2.08. The number of hydrogen-bond acceptors (Lipinski definition) is 4. The molecule has 1 unspecified atom stereocenters. The molecule has 0 fully saturated rings. The van der Waals surface area contributed by atoms with Gasteiger partial charge in [0.2, 0.25) is 0 Å². The molecule has 3 aromatic rings. The standard InChI is InChI=1S/C14H15N5O/c1-2-18-13(8-9-15-18)14(20)12-10-16-19(17-12)11-6-4-3-5-7-11/h3-10,14,20H,2H2,1H3. The van der Waals surface area contributed by atoms with Gasteiger partial charge in [-0.3, -0.25) is 4.68 Å². The van der Waals surface area contributed by atoms with Gasteiger partial charge < -0.3 is 5.11 Å². The molecule has 1 atom stereocenters. The second kappa shape index (κ2) is 5.26. The van der Waals surface area contributed by atoms with Crippen LogP contribution in [0.1, 0.15) is 24.4 Å². The summed E-state index contributed by atoms with van der Waals surface area (Å²) in [5.74, 6) is 0. The summed E-state index contributed by atoms with van der Waals surface area (Å²) < 4.78 is 1.74. The Bertz CT molecular complexity index is 688. The highest BCUT2D eigenvalue weighted by molar-refractivity contribution is 5.29. The topological polar surface area (TPSA) is 68.8 Å². The van der Waals surface area contributed by atoms with Gasteiger partial charge >= 0.3 is 0 Å². The lowest BCUT2D eigenvalue weighted by Gasteiger charge is -2.09. The van der Waals surface area contributed by atoms with Crippen molar-refractivity contribution in [1.82, 2.24) is 24.8 Å². The van der Waals surface area contributed by atoms with E-state index in [0.717, 1.165) is 5.69 Å². The van der Waals surface area contributed by atoms with Crippen LogP contribution in [0, 0.1) is 0 Å². The normalized spacial score (nSPS) is 12.5. The molecule has 1 N–H and O–H groups in total. The van der Waals surface area contributed by atoms with Crippen LogP contribution in [0.15, 0.2) is 48.8 Å². The lowest BCUT2D eigenvalue weighted by atomic mass is 10.2. The lowest BCUT2D eigenvalue weighted by molar-refractivity contribution is 0.202. The van der Waals surface area contributed by atoms with E-state index < -0.39 is 6.10 Å². The monoisotopic (exact) mass is 269 g/mol. The lowest BCUT2D eigenvalue weighted by Crippen LogP contribution is -2.10. The van der Waals surface area contributed by atoms with Gasteiger partial charge in [0.1, 0.15) is 11.8 Å². The van der Waals surface area contributed by atoms with Crippen molar-refractivity contribution >= 4 is 0 Å². The molecule has 2 aromatic heterocycles. The molecule has 0 aliphatic carbocycles. The molecule has 0 spiro atoms. The Kier molecular flexibility index (Phi) is 3.30. The molecule has 0 radical (unpaired) electrons. The van der Waals surface area contributed by atoms with Crippen LogP contribution < -0.4 is 0 Å². The van der Waals surface area contributed by atoms with Crippen molar-refractivity contribution in [3.8, 4) is 5.69 Å². The minimum Gasteiger partial charge on any atom is -0.380 e. The Labute approximate surface area is 116 Å². The fraction of sp³-hybridized carbons (Fsp3) is 0.214. The van der Waals surface area contributed by atoms with Gasteiger partial charge in [-0.15, -0.1) is 0 Å². The van der Waals surface area contributed by atoms with E-state index in [9.17, 15) is 5.11 Å². The van der Waals surface area contributed by atoms with Crippen LogP contribution in [0.3, 0.4) is 0 Å². The second-order valence-electron chi connectivity index (χ2n) is 4.37. The Hall–Kier alpha value is -2.47. The van der Waals surface area contributed by atoms with Gasteiger partial charge in [0.15, 0.2) is 0 Å². The summed E-state index contributed by atoms with van der Waals surface area (Å²) in [6.45, 7) is 2.68. The third-order valence-electron chi connectivity index (χ3n) is 3.11. The smallest absolute Gasteiger partial charge is 0.141 e. The zero-order valence-electron chi connectivity index (χ0n) is 11.1. The van der Waals surface area contributed by atoms with Crippen LogP contribution in [0.25, 0.3) is 5.69 Å². The van der Waals surface area contributed by atoms with Gasteiger partial charge in [0.25, 0.3) is 0 Å². The van der Waals surface area contributed by atoms with Crippen molar-refractivity contribution in [3.05, 3.63) is 60.2 Å². The van der Waals surface area contributed by atoms with Crippen molar-refractivity contribution < 1.29 is 5.11 Å². The Morgan fingerprint density at radius 1 is 1.15 bits per heavy atom. The maximum absolute atomic E-state index is 10.4. The minimum atomic E-state index is -0.824. The van der Waals surface area contributed by atoms with Crippen LogP contribution >= 0.6 is 0 Å². The molecule has 0 amide bonds. The number of para-hydroxylation sites is 1. The van der Waals surface area contributed by atoms with E-state index in [1.54, 1.807) is 23.1 Å². The Morgan fingerprint density at radius 3 is 2.70 bits per heavy atom. The molecular weight excluding hydrogens is 254 g/mol. The molecule has 6 heteroatoms. The minimum absolute atomic E-state index is 0.504. The predicted octanol–water partition coefficient (Wildman–Crippen LogP) is 1.57. The van der Waals surface area contributed by atoms with Gasteiger partial charge in [-0.05, 0) is 25.1 Å². The van der Waals surface area contributed by atoms with Crippen LogP contribution in [-0.4, -0.2) is 29.9 Å². The second-order valence-corrected chi connectivity index (χ2v) is 4.37. The number of hydrogen-bond donors (Lipinski definition) is 1. The van der Waals surface area contributed by atoms with Gasteiger partial charge in [0.05, 0.1) is 17.6 Å². The molecule has 6 nitrogen and oxygen atoms in total. The molecule has 0 bridgehead atoms. The third kappa shape index (κ3) is 2.21. The van der Waals surface area contributed by atoms with Crippen LogP contribution in [0.4, 0.5) is 0 Å². The number of aliphatic hydroxyl groups excluding tert-OH is 1. The number of benzene rings is 1. The van der Waals surface area contributed by atoms with E-state index in [0.29, 0.717) is 17.9 Å². The SMILES string of the molecule is CCn1nccc1C(O)c1cnn(-c2ccccc2)n1. The summed E-state index contributed by atoms with van der Waals surface area (Å²) in [4.78, 5) is 1.51. The highest BCUT2D eigenvalue weighted by Crippen LogP contribution is 2.19. The Balaban J connectivity index is 1.91. The van der Waals surface area contributed by atoms with E-state index in [4.69, 9.17) is 0 Å². The van der Waals surface area contributed by atoms with E-state index >= 15 is 0 Å². The first-order chi connectivity index (χ1) is 9.79. The molecule has 0 aliphatic heterocycles. The van der Waals surface area contributed by atoms with Gasteiger partial charge in [-0.1, -0.05) is 18.2 Å². The zero-order valence-corrected chi connectivity index (χ0v) is 11.1. The quantitative estimate of drug-likeness (QED) is 0.780. The first-order valence-corrected chi connectivity index (χ1v) is 6.47. The number of rotatable bonds is 4. The molecule has 20 heavy (non-hydrogen) atoms. The summed E-state index contributed by atoms with van der Waals surface area (Å²) in [7, 11) is 0. The summed E-state index contributed by atoms with van der Waals surface area (Å²) in [6, 6.07) is 11.4. The van der Waals surface area contributed by atoms with Crippen molar-refractivity contribution in [1.29, 1.82) is 0 Å². The number of nitrogens with zero attached hydrogens (tertiary/aromatic N) is 5. The van der Waals surface area contributed by atoms with Gasteiger partial charge in [-0.25, -0.2) is 0 Å². The maximum Gasteiger partial charge on any atom is 0.141 e.